The largest absolute Gasteiger partial charge is 0.355 e. The van der Waals surface area contributed by atoms with E-state index in [4.69, 9.17) is 0 Å². The standard InChI is InChI=1S/C60H43BN3S/c1-39-27-30-44(31-28-39)62-53-33-32-47(63(45-21-11-5-12-22-45)46-23-13-6-14-24-46)38-50(53)51-35-40(2)56-48-25-15-16-26-54(48)64-58-52-37-41(29-34-55(52)65-60(58)61-57(51)59(56)64)36-49(42-17-7-3-8-18-42)43-19-9-4-10-20-43/h3-38,62H,1-2H3. The molecule has 307 valence electrons. The van der Waals surface area contributed by atoms with E-state index < -0.39 is 0 Å². The highest BCUT2D eigenvalue weighted by Gasteiger charge is 2.31. The van der Waals surface area contributed by atoms with Gasteiger partial charge in [-0.2, -0.15) is 0 Å². The maximum Gasteiger partial charge on any atom is 0.211 e. The van der Waals surface area contributed by atoms with Crippen LogP contribution in [0.15, 0.2) is 212 Å². The third-order valence-corrected chi connectivity index (χ3v) is 13.9. The Morgan fingerprint density at radius 3 is 1.88 bits per heavy atom. The molecule has 0 saturated heterocycles. The number of aromatic nitrogens is 1. The molecule has 0 atom stereocenters. The zero-order valence-corrected chi connectivity index (χ0v) is 37.0. The van der Waals surface area contributed by atoms with Crippen molar-refractivity contribution in [2.24, 2.45) is 0 Å². The Labute approximate surface area is 384 Å². The van der Waals surface area contributed by atoms with Gasteiger partial charge in [0.1, 0.15) is 0 Å². The fourth-order valence-corrected chi connectivity index (χ4v) is 10.9. The number of anilines is 5. The van der Waals surface area contributed by atoms with Gasteiger partial charge in [0.15, 0.2) is 0 Å². The van der Waals surface area contributed by atoms with Gasteiger partial charge in [-0.15, -0.1) is 11.3 Å². The molecule has 9 aromatic carbocycles. The normalized spacial score (nSPS) is 11.7. The first-order valence-corrected chi connectivity index (χ1v) is 23.1. The molecule has 65 heavy (non-hydrogen) atoms. The van der Waals surface area contributed by atoms with Crippen molar-refractivity contribution >= 4 is 101 Å². The molecule has 2 aromatic heterocycles. The number of nitrogens with zero attached hydrogens (tertiary/aromatic N) is 2. The third-order valence-electron chi connectivity index (χ3n) is 12.8. The van der Waals surface area contributed by atoms with E-state index in [1.165, 1.54) is 86.8 Å². The van der Waals surface area contributed by atoms with Crippen LogP contribution >= 0.6 is 11.3 Å². The van der Waals surface area contributed by atoms with Gasteiger partial charge in [-0.05, 0) is 136 Å². The summed E-state index contributed by atoms with van der Waals surface area (Å²) in [5, 5.41) is 7.69. The topological polar surface area (TPSA) is 20.2 Å². The summed E-state index contributed by atoms with van der Waals surface area (Å²) < 4.78 is 5.10. The molecule has 1 radical (unpaired) electrons. The lowest BCUT2D eigenvalue weighted by atomic mass is 9.62. The number of nitrogens with one attached hydrogen (secondary N) is 1. The number of benzene rings is 9. The van der Waals surface area contributed by atoms with E-state index in [-0.39, 0.29) is 0 Å². The van der Waals surface area contributed by atoms with Gasteiger partial charge in [0, 0.05) is 60.4 Å². The molecular formula is C60H43BN3S. The predicted molar refractivity (Wildman–Crippen MR) is 280 cm³/mol. The Hall–Kier alpha value is -7.86. The van der Waals surface area contributed by atoms with Crippen molar-refractivity contribution in [2.45, 2.75) is 13.8 Å². The van der Waals surface area contributed by atoms with Crippen molar-refractivity contribution in [2.75, 3.05) is 10.2 Å². The van der Waals surface area contributed by atoms with Gasteiger partial charge in [-0.1, -0.05) is 145 Å². The van der Waals surface area contributed by atoms with Crippen LogP contribution < -0.4 is 20.5 Å². The van der Waals surface area contributed by atoms with Gasteiger partial charge in [0.25, 0.3) is 0 Å². The van der Waals surface area contributed by atoms with E-state index in [1.807, 2.05) is 11.3 Å². The van der Waals surface area contributed by atoms with E-state index in [0.717, 1.165) is 34.0 Å². The minimum atomic E-state index is 1.05. The molecule has 1 aliphatic rings. The second kappa shape index (κ2) is 16.0. The summed E-state index contributed by atoms with van der Waals surface area (Å²) in [5.41, 5.74) is 19.9. The molecule has 11 aromatic rings. The summed E-state index contributed by atoms with van der Waals surface area (Å²) in [4.78, 5) is 2.36. The molecule has 0 unspecified atom stereocenters. The number of hydrogen-bond acceptors (Lipinski definition) is 3. The van der Waals surface area contributed by atoms with Crippen LogP contribution in [-0.2, 0) is 0 Å². The van der Waals surface area contributed by atoms with E-state index in [1.54, 1.807) is 0 Å². The highest BCUT2D eigenvalue weighted by molar-refractivity contribution is 7.29. The van der Waals surface area contributed by atoms with Crippen LogP contribution in [0.5, 0.6) is 0 Å². The van der Waals surface area contributed by atoms with Crippen molar-refractivity contribution in [1.82, 2.24) is 4.57 Å². The highest BCUT2D eigenvalue weighted by atomic mass is 32.1. The van der Waals surface area contributed by atoms with E-state index in [9.17, 15) is 0 Å². The Balaban J connectivity index is 1.09. The Morgan fingerprint density at radius 2 is 1.20 bits per heavy atom. The third kappa shape index (κ3) is 6.84. The van der Waals surface area contributed by atoms with Crippen molar-refractivity contribution in [3.63, 3.8) is 0 Å². The van der Waals surface area contributed by atoms with Gasteiger partial charge in [-0.25, -0.2) is 0 Å². The van der Waals surface area contributed by atoms with Crippen molar-refractivity contribution in [1.29, 1.82) is 0 Å². The Bertz CT molecular complexity index is 3510. The molecule has 0 saturated carbocycles. The van der Waals surface area contributed by atoms with Gasteiger partial charge in [0.2, 0.25) is 7.28 Å². The zero-order valence-electron chi connectivity index (χ0n) is 36.2. The van der Waals surface area contributed by atoms with Crippen LogP contribution in [0.25, 0.3) is 60.4 Å². The SMILES string of the molecule is Cc1ccc(Nc2ccc(N(c3ccccc3)c3ccccc3)cc2-c2cc(C)c3c4ccccc4n4c3c2[B]c2sc3ccc(C=C(c5ccccc5)c5ccccc5)cc3c2-4)cc1. The lowest BCUT2D eigenvalue weighted by Crippen LogP contribution is -2.35. The quantitative estimate of drug-likeness (QED) is 0.115. The van der Waals surface area contributed by atoms with Crippen LogP contribution in [0.3, 0.4) is 0 Å². The smallest absolute Gasteiger partial charge is 0.211 e. The van der Waals surface area contributed by atoms with Gasteiger partial charge < -0.3 is 14.8 Å². The Kier molecular flexibility index (Phi) is 9.58. The van der Waals surface area contributed by atoms with E-state index in [0.29, 0.717) is 0 Å². The molecule has 0 aliphatic carbocycles. The fraction of sp³-hybridized carbons (Fsp3) is 0.0333. The molecule has 12 rings (SSSR count). The molecule has 0 spiro atoms. The van der Waals surface area contributed by atoms with E-state index >= 15 is 0 Å². The van der Waals surface area contributed by atoms with Crippen LogP contribution in [0.2, 0.25) is 0 Å². The summed E-state index contributed by atoms with van der Waals surface area (Å²) in [6.07, 6.45) is 2.35. The number of fused-ring (bicyclic) bond motifs is 7. The van der Waals surface area contributed by atoms with Crippen molar-refractivity contribution in [3.8, 4) is 16.8 Å². The molecule has 3 heterocycles. The first-order chi connectivity index (χ1) is 32.1. The van der Waals surface area contributed by atoms with Crippen LogP contribution in [0.4, 0.5) is 28.4 Å². The summed E-state index contributed by atoms with van der Waals surface area (Å²) in [6.45, 7) is 4.42. The number of thiophene rings is 1. The van der Waals surface area contributed by atoms with Gasteiger partial charge in [0.05, 0.1) is 11.2 Å². The van der Waals surface area contributed by atoms with Crippen molar-refractivity contribution < 1.29 is 0 Å². The molecule has 0 amide bonds. The summed E-state index contributed by atoms with van der Waals surface area (Å²) >= 11 is 1.88. The lowest BCUT2D eigenvalue weighted by Gasteiger charge is -2.28. The first-order valence-electron chi connectivity index (χ1n) is 22.2. The maximum absolute atomic E-state index is 3.87. The molecule has 1 N–H and O–H groups in total. The minimum absolute atomic E-state index is 1.05. The number of hydrogen-bond donors (Lipinski definition) is 1. The van der Waals surface area contributed by atoms with Crippen LogP contribution in [-0.4, -0.2) is 11.8 Å². The predicted octanol–water partition coefficient (Wildman–Crippen LogP) is 15.1. The number of rotatable bonds is 9. The molecular weight excluding hydrogens is 806 g/mol. The molecule has 5 heteroatoms. The fourth-order valence-electron chi connectivity index (χ4n) is 9.79. The average Bonchev–Trinajstić information content (AvgIpc) is 3.90. The maximum atomic E-state index is 3.87. The Morgan fingerprint density at radius 1 is 0.569 bits per heavy atom. The van der Waals surface area contributed by atoms with Crippen LogP contribution in [0.1, 0.15) is 27.8 Å². The second-order valence-electron chi connectivity index (χ2n) is 17.0. The first kappa shape index (κ1) is 38.8. The zero-order chi connectivity index (χ0) is 43.4. The highest BCUT2D eigenvalue weighted by Crippen LogP contribution is 2.44. The van der Waals surface area contributed by atoms with Crippen molar-refractivity contribution in [3.05, 3.63) is 240 Å². The number of aryl methyl sites for hydroxylation is 2. The second-order valence-corrected chi connectivity index (χ2v) is 18.0. The molecule has 0 bridgehead atoms. The van der Waals surface area contributed by atoms with Gasteiger partial charge in [-0.3, -0.25) is 0 Å². The minimum Gasteiger partial charge on any atom is -0.355 e. The summed E-state index contributed by atoms with van der Waals surface area (Å²) in [6, 6.07) is 76.8. The average molecular weight is 849 g/mol. The molecule has 0 fully saturated rings. The number of para-hydroxylation sites is 3. The lowest BCUT2D eigenvalue weighted by molar-refractivity contribution is 1.21. The molecule has 1 aliphatic heterocycles. The summed E-state index contributed by atoms with van der Waals surface area (Å²) in [5.74, 6) is 0. The molecule has 3 nitrogen and oxygen atoms in total. The van der Waals surface area contributed by atoms with Gasteiger partial charge >= 0.3 is 0 Å². The monoisotopic (exact) mass is 848 g/mol. The summed E-state index contributed by atoms with van der Waals surface area (Å²) in [7, 11) is 2.47. The van der Waals surface area contributed by atoms with E-state index in [2.05, 4.69) is 254 Å². The van der Waals surface area contributed by atoms with Crippen LogP contribution in [0, 0.1) is 13.8 Å².